The van der Waals surface area contributed by atoms with Gasteiger partial charge >= 0.3 is 6.03 Å². The maximum atomic E-state index is 12.0. The molecule has 0 saturated heterocycles. The van der Waals surface area contributed by atoms with Crippen LogP contribution in [-0.4, -0.2) is 41.9 Å². The van der Waals surface area contributed by atoms with Crippen molar-refractivity contribution < 1.29 is 9.53 Å². The van der Waals surface area contributed by atoms with Gasteiger partial charge in [0.15, 0.2) is 0 Å². The van der Waals surface area contributed by atoms with Crippen LogP contribution in [0.2, 0.25) is 0 Å². The number of rotatable bonds is 6. The Morgan fingerprint density at radius 2 is 2.38 bits per heavy atom. The molecular weight excluding hydrogens is 268 g/mol. The number of ether oxygens (including phenoxy) is 1. The minimum Gasteiger partial charge on any atom is -0.383 e. The monoisotopic (exact) mass is 292 g/mol. The van der Waals surface area contributed by atoms with E-state index in [1.54, 1.807) is 7.11 Å². The average molecular weight is 292 g/mol. The maximum absolute atomic E-state index is 12.0. The zero-order valence-corrected chi connectivity index (χ0v) is 12.5. The molecule has 0 bridgehead atoms. The molecule has 116 valence electrons. The fourth-order valence-electron chi connectivity index (χ4n) is 3.03. The second-order valence-corrected chi connectivity index (χ2v) is 6.15. The van der Waals surface area contributed by atoms with Crippen LogP contribution >= 0.6 is 0 Å². The van der Waals surface area contributed by atoms with Crippen molar-refractivity contribution in [3.63, 3.8) is 0 Å². The van der Waals surface area contributed by atoms with Crippen molar-refractivity contribution in [2.75, 3.05) is 20.3 Å². The maximum Gasteiger partial charge on any atom is 0.315 e. The summed E-state index contributed by atoms with van der Waals surface area (Å²) in [5, 5.41) is 6.05. The van der Waals surface area contributed by atoms with Crippen molar-refractivity contribution in [3.05, 3.63) is 18.2 Å². The highest BCUT2D eigenvalue weighted by Crippen LogP contribution is 2.32. The summed E-state index contributed by atoms with van der Waals surface area (Å²) in [5.41, 5.74) is 0. The predicted molar refractivity (Wildman–Crippen MR) is 79.0 cm³/mol. The number of amides is 2. The Balaban J connectivity index is 1.41. The summed E-state index contributed by atoms with van der Waals surface area (Å²) in [6.45, 7) is 2.26. The number of nitrogens with one attached hydrogen (secondary N) is 2. The Kier molecular flexibility index (Phi) is 4.43. The quantitative estimate of drug-likeness (QED) is 0.827. The van der Waals surface area contributed by atoms with Crippen molar-refractivity contribution in [2.24, 2.45) is 11.8 Å². The molecule has 2 aliphatic rings. The van der Waals surface area contributed by atoms with Gasteiger partial charge in [0, 0.05) is 39.0 Å². The first-order chi connectivity index (χ1) is 10.3. The Labute approximate surface area is 125 Å². The van der Waals surface area contributed by atoms with E-state index in [-0.39, 0.29) is 12.1 Å². The summed E-state index contributed by atoms with van der Waals surface area (Å²) in [5.74, 6) is 2.24. The van der Waals surface area contributed by atoms with E-state index < -0.39 is 0 Å². The number of aryl methyl sites for hydroxylation is 1. The molecule has 0 aromatic carbocycles. The van der Waals surface area contributed by atoms with Crippen LogP contribution in [0.3, 0.4) is 0 Å². The van der Waals surface area contributed by atoms with Crippen LogP contribution in [-0.2, 0) is 17.7 Å². The van der Waals surface area contributed by atoms with E-state index in [1.165, 1.54) is 12.8 Å². The van der Waals surface area contributed by atoms with Crippen LogP contribution < -0.4 is 10.6 Å². The highest BCUT2D eigenvalue weighted by molar-refractivity contribution is 5.74. The highest BCUT2D eigenvalue weighted by Gasteiger charge is 2.32. The Morgan fingerprint density at radius 3 is 3.14 bits per heavy atom. The standard InChI is InChI=1S/C15H24N4O2/c1-21-10-13(12-3-4-12)18-15(20)17-8-11-2-5-14-16-6-7-19(14)9-11/h6-7,11-13H,2-5,8-10H2,1H3,(H2,17,18,20)/t11-,13+/m1/s1. The molecule has 1 aliphatic heterocycles. The van der Waals surface area contributed by atoms with Gasteiger partial charge < -0.3 is 19.9 Å². The van der Waals surface area contributed by atoms with Crippen molar-refractivity contribution in [1.82, 2.24) is 20.2 Å². The third kappa shape index (κ3) is 3.75. The van der Waals surface area contributed by atoms with E-state index in [1.807, 2.05) is 12.4 Å². The van der Waals surface area contributed by atoms with E-state index in [9.17, 15) is 4.79 Å². The second-order valence-electron chi connectivity index (χ2n) is 6.15. The Bertz CT molecular complexity index is 484. The minimum absolute atomic E-state index is 0.0691. The van der Waals surface area contributed by atoms with Crippen molar-refractivity contribution in [1.29, 1.82) is 0 Å². The van der Waals surface area contributed by atoms with Crippen molar-refractivity contribution >= 4 is 6.03 Å². The van der Waals surface area contributed by atoms with Gasteiger partial charge in [0.05, 0.1) is 12.6 Å². The molecule has 1 aliphatic carbocycles. The highest BCUT2D eigenvalue weighted by atomic mass is 16.5. The van der Waals surface area contributed by atoms with Gasteiger partial charge in [-0.3, -0.25) is 0 Å². The van der Waals surface area contributed by atoms with Gasteiger partial charge in [0.25, 0.3) is 0 Å². The van der Waals surface area contributed by atoms with Crippen LogP contribution in [0.1, 0.15) is 25.1 Å². The molecule has 0 radical (unpaired) electrons. The summed E-state index contributed by atoms with van der Waals surface area (Å²) < 4.78 is 7.36. The number of imidazole rings is 1. The third-order valence-corrected chi connectivity index (χ3v) is 4.44. The first-order valence-electron chi connectivity index (χ1n) is 7.79. The summed E-state index contributed by atoms with van der Waals surface area (Å²) in [4.78, 5) is 16.3. The molecule has 0 spiro atoms. The number of nitrogens with zero attached hydrogens (tertiary/aromatic N) is 2. The number of carbonyl (C=O) groups excluding carboxylic acids is 1. The number of aromatic nitrogens is 2. The molecule has 21 heavy (non-hydrogen) atoms. The van der Waals surface area contributed by atoms with Crippen molar-refractivity contribution in [2.45, 2.75) is 38.3 Å². The van der Waals surface area contributed by atoms with Gasteiger partial charge in [-0.15, -0.1) is 0 Å². The average Bonchev–Trinajstić information content (AvgIpc) is 3.22. The molecule has 1 saturated carbocycles. The molecule has 1 aromatic heterocycles. The summed E-state index contributed by atoms with van der Waals surface area (Å²) >= 11 is 0. The summed E-state index contributed by atoms with van der Waals surface area (Å²) in [6.07, 6.45) is 8.34. The van der Waals surface area contributed by atoms with Gasteiger partial charge in [-0.1, -0.05) is 0 Å². The molecule has 1 fully saturated rings. The van der Waals surface area contributed by atoms with E-state index in [2.05, 4.69) is 20.2 Å². The topological polar surface area (TPSA) is 68.2 Å². The molecule has 2 atom stereocenters. The lowest BCUT2D eigenvalue weighted by molar-refractivity contribution is 0.157. The van der Waals surface area contributed by atoms with Crippen LogP contribution in [0.25, 0.3) is 0 Å². The molecule has 2 N–H and O–H groups in total. The first kappa shape index (κ1) is 14.4. The lowest BCUT2D eigenvalue weighted by Gasteiger charge is -2.24. The van der Waals surface area contributed by atoms with Crippen LogP contribution in [0, 0.1) is 11.8 Å². The molecule has 1 aromatic rings. The fraction of sp³-hybridized carbons (Fsp3) is 0.733. The van der Waals surface area contributed by atoms with Crippen molar-refractivity contribution in [3.8, 4) is 0 Å². The molecule has 2 amide bonds. The fourth-order valence-corrected chi connectivity index (χ4v) is 3.03. The molecular formula is C15H24N4O2. The number of fused-ring (bicyclic) bond motifs is 1. The van der Waals surface area contributed by atoms with Gasteiger partial charge in [-0.05, 0) is 31.1 Å². The van der Waals surface area contributed by atoms with E-state index in [0.717, 1.165) is 25.2 Å². The largest absolute Gasteiger partial charge is 0.383 e. The number of hydrogen-bond acceptors (Lipinski definition) is 3. The van der Waals surface area contributed by atoms with E-state index in [0.29, 0.717) is 25.0 Å². The van der Waals surface area contributed by atoms with Gasteiger partial charge in [-0.2, -0.15) is 0 Å². The third-order valence-electron chi connectivity index (χ3n) is 4.44. The Hall–Kier alpha value is -1.56. The smallest absolute Gasteiger partial charge is 0.315 e. The van der Waals surface area contributed by atoms with E-state index >= 15 is 0 Å². The SMILES string of the molecule is COC[C@H](NC(=O)NC[C@H]1CCc2nccn2C1)C1CC1. The second kappa shape index (κ2) is 6.47. The lowest BCUT2D eigenvalue weighted by atomic mass is 9.99. The zero-order valence-electron chi connectivity index (χ0n) is 12.5. The summed E-state index contributed by atoms with van der Waals surface area (Å²) in [7, 11) is 1.68. The first-order valence-corrected chi connectivity index (χ1v) is 7.79. The molecule has 0 unspecified atom stereocenters. The number of hydrogen-bond donors (Lipinski definition) is 2. The molecule has 3 rings (SSSR count). The van der Waals surface area contributed by atoms with Crippen LogP contribution in [0.4, 0.5) is 4.79 Å². The Morgan fingerprint density at radius 1 is 1.52 bits per heavy atom. The minimum atomic E-state index is -0.0691. The van der Waals surface area contributed by atoms with Gasteiger partial charge in [-0.25, -0.2) is 9.78 Å². The predicted octanol–water partition coefficient (Wildman–Crippen LogP) is 1.17. The van der Waals surface area contributed by atoms with Crippen LogP contribution in [0.5, 0.6) is 0 Å². The summed E-state index contributed by atoms with van der Waals surface area (Å²) in [6, 6.07) is 0.0852. The number of urea groups is 1. The molecule has 2 heterocycles. The number of methoxy groups -OCH3 is 1. The zero-order chi connectivity index (χ0) is 14.7. The molecule has 6 heteroatoms. The van der Waals surface area contributed by atoms with Gasteiger partial charge in [0.2, 0.25) is 0 Å². The molecule has 6 nitrogen and oxygen atoms in total. The van der Waals surface area contributed by atoms with Gasteiger partial charge in [0.1, 0.15) is 5.82 Å². The number of carbonyl (C=O) groups is 1. The normalized spacial score (nSPS) is 22.4. The lowest BCUT2D eigenvalue weighted by Crippen LogP contribution is -2.47. The van der Waals surface area contributed by atoms with Crippen LogP contribution in [0.15, 0.2) is 12.4 Å². The van der Waals surface area contributed by atoms with E-state index in [4.69, 9.17) is 4.74 Å².